The van der Waals surface area contributed by atoms with Crippen LogP contribution < -0.4 is 10.2 Å². The zero-order valence-corrected chi connectivity index (χ0v) is 18.3. The van der Waals surface area contributed by atoms with Crippen LogP contribution in [0.25, 0.3) is 22.3 Å². The molecule has 3 heterocycles. The minimum absolute atomic E-state index is 0.319. The van der Waals surface area contributed by atoms with Gasteiger partial charge in [-0.05, 0) is 37.1 Å². The Morgan fingerprint density at radius 3 is 2.81 bits per heavy atom. The van der Waals surface area contributed by atoms with Crippen molar-refractivity contribution in [3.05, 3.63) is 64.9 Å². The topological polar surface area (TPSA) is 71.8 Å². The summed E-state index contributed by atoms with van der Waals surface area (Å²) in [4.78, 5) is 7.02. The predicted molar refractivity (Wildman–Crippen MR) is 123 cm³/mol. The average Bonchev–Trinajstić information content (AvgIpc) is 3.08. The molecule has 0 saturated carbocycles. The van der Waals surface area contributed by atoms with Gasteiger partial charge < -0.3 is 10.2 Å². The number of piperazine rings is 1. The second kappa shape index (κ2) is 8.24. The lowest BCUT2D eigenvalue weighted by molar-refractivity contribution is 0.452. The van der Waals surface area contributed by atoms with Crippen molar-refractivity contribution in [2.75, 3.05) is 24.5 Å². The molecule has 8 heteroatoms. The monoisotopic (exact) mass is 433 g/mol. The van der Waals surface area contributed by atoms with Crippen molar-refractivity contribution in [3.8, 4) is 11.4 Å². The van der Waals surface area contributed by atoms with Crippen LogP contribution in [0.2, 0.25) is 5.15 Å². The van der Waals surface area contributed by atoms with Crippen LogP contribution >= 0.6 is 11.6 Å². The van der Waals surface area contributed by atoms with Crippen LogP contribution in [0.1, 0.15) is 11.3 Å². The van der Waals surface area contributed by atoms with Gasteiger partial charge in [0.25, 0.3) is 0 Å². The molecule has 7 nitrogen and oxygen atoms in total. The van der Waals surface area contributed by atoms with Crippen molar-refractivity contribution >= 4 is 28.3 Å². The smallest absolute Gasteiger partial charge is 0.194 e. The van der Waals surface area contributed by atoms with Gasteiger partial charge >= 0.3 is 0 Å². The number of halogens is 1. The Bertz CT molecular complexity index is 1220. The third-order valence-corrected chi connectivity index (χ3v) is 6.05. The Labute approximate surface area is 186 Å². The first-order valence-electron chi connectivity index (χ1n) is 10.4. The largest absolute Gasteiger partial charge is 0.351 e. The molecule has 1 N–H and O–H groups in total. The molecule has 31 heavy (non-hydrogen) atoms. The van der Waals surface area contributed by atoms with Gasteiger partial charge in [0.1, 0.15) is 0 Å². The maximum Gasteiger partial charge on any atom is 0.194 e. The highest BCUT2D eigenvalue weighted by Crippen LogP contribution is 2.28. The highest BCUT2D eigenvalue weighted by molar-refractivity contribution is 6.31. The molecule has 2 aromatic carbocycles. The minimum Gasteiger partial charge on any atom is -0.351 e. The number of nitrogens with one attached hydrogen (secondary N) is 1. The van der Waals surface area contributed by atoms with Crippen molar-refractivity contribution < 1.29 is 0 Å². The lowest BCUT2D eigenvalue weighted by Gasteiger charge is -2.34. The summed E-state index contributed by atoms with van der Waals surface area (Å²) < 4.78 is 1.88. The van der Waals surface area contributed by atoms with E-state index in [-0.39, 0.29) is 0 Å². The number of aryl methyl sites for hydroxylation is 2. The van der Waals surface area contributed by atoms with Crippen molar-refractivity contribution in [3.63, 3.8) is 0 Å². The molecule has 1 aliphatic rings. The number of benzene rings is 2. The fourth-order valence-corrected chi connectivity index (χ4v) is 4.46. The van der Waals surface area contributed by atoms with Crippen LogP contribution in [-0.4, -0.2) is 50.6 Å². The first-order valence-corrected chi connectivity index (χ1v) is 10.8. The summed E-state index contributed by atoms with van der Waals surface area (Å²) in [5.74, 6) is 1.26. The van der Waals surface area contributed by atoms with Gasteiger partial charge in [-0.3, -0.25) is 4.68 Å². The average molecular weight is 434 g/mol. The van der Waals surface area contributed by atoms with E-state index in [1.54, 1.807) is 0 Å². The SMILES string of the molecule is Cc1nn(C)c2ccc(-c3nnc(Cl)c(N4CCN[C@@H](Cc5ccccc5)C4)n3)cc12. The molecular weight excluding hydrogens is 410 g/mol. The Kier molecular flexibility index (Phi) is 5.29. The van der Waals surface area contributed by atoms with Crippen molar-refractivity contribution in [2.24, 2.45) is 7.05 Å². The van der Waals surface area contributed by atoms with E-state index < -0.39 is 0 Å². The molecule has 1 saturated heterocycles. The van der Waals surface area contributed by atoms with Crippen molar-refractivity contribution in [1.29, 1.82) is 0 Å². The van der Waals surface area contributed by atoms with Gasteiger partial charge in [0.15, 0.2) is 16.8 Å². The molecule has 1 atom stereocenters. The van der Waals surface area contributed by atoms with Gasteiger partial charge in [0.2, 0.25) is 0 Å². The van der Waals surface area contributed by atoms with Gasteiger partial charge in [0, 0.05) is 43.7 Å². The molecule has 0 amide bonds. The fourth-order valence-electron chi connectivity index (χ4n) is 4.26. The third kappa shape index (κ3) is 3.98. The molecule has 0 spiro atoms. The van der Waals surface area contributed by atoms with E-state index in [0.29, 0.717) is 22.8 Å². The second-order valence-corrected chi connectivity index (χ2v) is 8.34. The molecule has 2 aromatic heterocycles. The van der Waals surface area contributed by atoms with Gasteiger partial charge in [-0.25, -0.2) is 4.98 Å². The van der Waals surface area contributed by atoms with E-state index in [1.165, 1.54) is 5.56 Å². The van der Waals surface area contributed by atoms with E-state index in [1.807, 2.05) is 36.9 Å². The summed E-state index contributed by atoms with van der Waals surface area (Å²) in [6.45, 7) is 4.51. The number of anilines is 1. The lowest BCUT2D eigenvalue weighted by atomic mass is 10.0. The zero-order valence-electron chi connectivity index (χ0n) is 17.6. The molecule has 0 radical (unpaired) electrons. The summed E-state index contributed by atoms with van der Waals surface area (Å²) in [5.41, 5.74) is 4.28. The molecule has 0 aliphatic carbocycles. The predicted octanol–water partition coefficient (Wildman–Crippen LogP) is 3.41. The standard InChI is InChI=1S/C23H24ClN7/c1-15-19-13-17(8-9-20(19)30(2)29-15)22-26-23(21(24)27-28-22)31-11-10-25-18(14-31)12-16-6-4-3-5-7-16/h3-9,13,18,25H,10-12,14H2,1-2H3/t18-/m0/s1. The number of nitrogens with zero attached hydrogens (tertiary/aromatic N) is 6. The van der Waals surface area contributed by atoms with Gasteiger partial charge in [0.05, 0.1) is 11.2 Å². The van der Waals surface area contributed by atoms with Gasteiger partial charge in [-0.15, -0.1) is 10.2 Å². The van der Waals surface area contributed by atoms with E-state index in [9.17, 15) is 0 Å². The molecular formula is C23H24ClN7. The summed E-state index contributed by atoms with van der Waals surface area (Å²) in [6.07, 6.45) is 0.956. The molecule has 158 valence electrons. The van der Waals surface area contributed by atoms with Crippen molar-refractivity contribution in [1.82, 2.24) is 30.3 Å². The highest BCUT2D eigenvalue weighted by Gasteiger charge is 2.24. The van der Waals surface area contributed by atoms with E-state index in [4.69, 9.17) is 16.6 Å². The van der Waals surface area contributed by atoms with E-state index in [0.717, 1.165) is 48.2 Å². The Hall–Kier alpha value is -3.03. The number of aromatic nitrogens is 5. The lowest BCUT2D eigenvalue weighted by Crippen LogP contribution is -2.52. The van der Waals surface area contributed by atoms with Crippen molar-refractivity contribution in [2.45, 2.75) is 19.4 Å². The number of hydrogen-bond donors (Lipinski definition) is 1. The maximum atomic E-state index is 6.44. The van der Waals surface area contributed by atoms with Gasteiger partial charge in [-0.2, -0.15) is 5.10 Å². The Morgan fingerprint density at radius 2 is 1.97 bits per heavy atom. The minimum atomic E-state index is 0.319. The van der Waals surface area contributed by atoms with E-state index >= 15 is 0 Å². The Balaban J connectivity index is 1.42. The highest BCUT2D eigenvalue weighted by atomic mass is 35.5. The molecule has 4 aromatic rings. The zero-order chi connectivity index (χ0) is 21.4. The molecule has 1 fully saturated rings. The molecule has 0 bridgehead atoms. The summed E-state index contributed by atoms with van der Waals surface area (Å²) >= 11 is 6.44. The van der Waals surface area contributed by atoms with Crippen LogP contribution in [0.15, 0.2) is 48.5 Å². The summed E-state index contributed by atoms with van der Waals surface area (Å²) in [5, 5.41) is 18.0. The van der Waals surface area contributed by atoms with E-state index in [2.05, 4.69) is 55.8 Å². The van der Waals surface area contributed by atoms with Gasteiger partial charge in [-0.1, -0.05) is 41.9 Å². The molecule has 0 unspecified atom stereocenters. The third-order valence-electron chi connectivity index (χ3n) is 5.80. The normalized spacial score (nSPS) is 16.7. The quantitative estimate of drug-likeness (QED) is 0.531. The fraction of sp³-hybridized carbons (Fsp3) is 0.304. The first-order chi connectivity index (χ1) is 15.1. The number of fused-ring (bicyclic) bond motifs is 1. The molecule has 5 rings (SSSR count). The number of hydrogen-bond acceptors (Lipinski definition) is 6. The number of rotatable bonds is 4. The molecule has 1 aliphatic heterocycles. The second-order valence-electron chi connectivity index (χ2n) is 7.98. The Morgan fingerprint density at radius 1 is 1.13 bits per heavy atom. The first kappa shape index (κ1) is 19.9. The van der Waals surface area contributed by atoms with Crippen LogP contribution in [-0.2, 0) is 13.5 Å². The van der Waals surface area contributed by atoms with Crippen LogP contribution in [0, 0.1) is 6.92 Å². The maximum absolute atomic E-state index is 6.44. The summed E-state index contributed by atoms with van der Waals surface area (Å²) in [7, 11) is 1.95. The van der Waals surface area contributed by atoms with Crippen LogP contribution in [0.3, 0.4) is 0 Å². The van der Waals surface area contributed by atoms with Crippen LogP contribution in [0.4, 0.5) is 5.82 Å². The summed E-state index contributed by atoms with van der Waals surface area (Å²) in [6, 6.07) is 17.0. The van der Waals surface area contributed by atoms with Crippen LogP contribution in [0.5, 0.6) is 0 Å².